The van der Waals surface area contributed by atoms with E-state index in [0.717, 1.165) is 5.56 Å². The molecule has 6 heteroatoms. The van der Waals surface area contributed by atoms with E-state index in [1.807, 2.05) is 30.3 Å². The lowest BCUT2D eigenvalue weighted by molar-refractivity contribution is -0.139. The normalized spacial score (nSPS) is 17.7. The van der Waals surface area contributed by atoms with E-state index < -0.39 is 6.10 Å². The number of hydrogen-bond acceptors (Lipinski definition) is 3. The van der Waals surface area contributed by atoms with E-state index in [4.69, 9.17) is 0 Å². The van der Waals surface area contributed by atoms with E-state index in [-0.39, 0.29) is 50.2 Å². The third kappa shape index (κ3) is 5.37. The Morgan fingerprint density at radius 3 is 2.56 bits per heavy atom. The van der Waals surface area contributed by atoms with Crippen molar-refractivity contribution in [2.24, 2.45) is 0 Å². The van der Waals surface area contributed by atoms with Gasteiger partial charge in [-0.15, -0.1) is 0 Å². The molecule has 2 amide bonds. The summed E-state index contributed by atoms with van der Waals surface area (Å²) in [5.41, 5.74) is 1.71. The van der Waals surface area contributed by atoms with E-state index in [2.05, 4.69) is 0 Å². The minimum Gasteiger partial charge on any atom is -0.389 e. The van der Waals surface area contributed by atoms with Gasteiger partial charge in [0.2, 0.25) is 11.8 Å². The van der Waals surface area contributed by atoms with Crippen molar-refractivity contribution in [2.45, 2.75) is 25.5 Å². The van der Waals surface area contributed by atoms with Crippen LogP contribution in [0.2, 0.25) is 0 Å². The van der Waals surface area contributed by atoms with Crippen molar-refractivity contribution in [1.29, 1.82) is 0 Å². The third-order valence-electron chi connectivity index (χ3n) is 4.63. The number of aliphatic hydroxyl groups excluding tert-OH is 1. The number of amides is 2. The van der Waals surface area contributed by atoms with Crippen LogP contribution in [0.15, 0.2) is 54.6 Å². The molecule has 1 saturated heterocycles. The molecule has 0 aliphatic carbocycles. The molecule has 1 N–H and O–H groups in total. The second kappa shape index (κ2) is 8.77. The van der Waals surface area contributed by atoms with Gasteiger partial charge in [0.1, 0.15) is 5.82 Å². The van der Waals surface area contributed by atoms with Gasteiger partial charge in [-0.3, -0.25) is 9.59 Å². The molecule has 3 rings (SSSR count). The predicted octanol–water partition coefficient (Wildman–Crippen LogP) is 1.99. The average molecular weight is 370 g/mol. The lowest BCUT2D eigenvalue weighted by Crippen LogP contribution is -2.39. The summed E-state index contributed by atoms with van der Waals surface area (Å²) >= 11 is 0. The average Bonchev–Trinajstić information content (AvgIpc) is 2.79. The number of benzene rings is 2. The minimum atomic E-state index is -0.828. The molecule has 0 saturated carbocycles. The van der Waals surface area contributed by atoms with E-state index in [1.54, 1.807) is 12.1 Å². The summed E-state index contributed by atoms with van der Waals surface area (Å²) in [7, 11) is 0. The molecule has 1 unspecified atom stereocenters. The standard InChI is InChI=1S/C21H23FN2O3/c22-18-8-4-7-17(11-18)12-23-13-19(25)14-24(15-21(23)27)20(26)10-9-16-5-2-1-3-6-16/h1-8,11,19,25H,9-10,12-15H2. The Morgan fingerprint density at radius 2 is 1.81 bits per heavy atom. The van der Waals surface area contributed by atoms with Crippen LogP contribution in [0.4, 0.5) is 4.39 Å². The minimum absolute atomic E-state index is 0.0694. The molecule has 0 bridgehead atoms. The third-order valence-corrected chi connectivity index (χ3v) is 4.63. The van der Waals surface area contributed by atoms with Gasteiger partial charge in [0.25, 0.3) is 0 Å². The maximum atomic E-state index is 13.4. The van der Waals surface area contributed by atoms with Crippen molar-refractivity contribution in [3.63, 3.8) is 0 Å². The highest BCUT2D eigenvalue weighted by Crippen LogP contribution is 2.13. The second-order valence-electron chi connectivity index (χ2n) is 6.82. The Hall–Kier alpha value is -2.73. The molecule has 1 atom stereocenters. The number of nitrogens with zero attached hydrogens (tertiary/aromatic N) is 2. The first kappa shape index (κ1) is 19.0. The summed E-state index contributed by atoms with van der Waals surface area (Å²) < 4.78 is 13.4. The zero-order valence-electron chi connectivity index (χ0n) is 15.1. The van der Waals surface area contributed by atoms with Crippen LogP contribution in [0.3, 0.4) is 0 Å². The number of halogens is 1. The Bertz CT molecular complexity index is 797. The molecule has 1 aliphatic rings. The summed E-state index contributed by atoms with van der Waals surface area (Å²) in [6.07, 6.45) is 0.0483. The van der Waals surface area contributed by atoms with Gasteiger partial charge >= 0.3 is 0 Å². The molecule has 2 aromatic rings. The zero-order valence-corrected chi connectivity index (χ0v) is 15.1. The Labute approximate surface area is 158 Å². The van der Waals surface area contributed by atoms with Crippen LogP contribution in [-0.2, 0) is 22.6 Å². The molecular weight excluding hydrogens is 347 g/mol. The van der Waals surface area contributed by atoms with Crippen molar-refractivity contribution >= 4 is 11.8 Å². The van der Waals surface area contributed by atoms with Crippen molar-refractivity contribution in [3.05, 3.63) is 71.5 Å². The first-order valence-corrected chi connectivity index (χ1v) is 9.03. The zero-order chi connectivity index (χ0) is 19.2. The van der Waals surface area contributed by atoms with Gasteiger partial charge in [-0.2, -0.15) is 0 Å². The maximum absolute atomic E-state index is 13.4. The van der Waals surface area contributed by atoms with Crippen LogP contribution in [0.5, 0.6) is 0 Å². The van der Waals surface area contributed by atoms with Gasteiger partial charge in [-0.05, 0) is 29.7 Å². The van der Waals surface area contributed by atoms with Gasteiger partial charge in [0.05, 0.1) is 12.6 Å². The van der Waals surface area contributed by atoms with Crippen molar-refractivity contribution in [3.8, 4) is 0 Å². The quantitative estimate of drug-likeness (QED) is 0.876. The highest BCUT2D eigenvalue weighted by molar-refractivity contribution is 5.85. The number of hydrogen-bond donors (Lipinski definition) is 1. The van der Waals surface area contributed by atoms with Gasteiger partial charge in [-0.1, -0.05) is 42.5 Å². The summed E-state index contributed by atoms with van der Waals surface area (Å²) in [5.74, 6) is -0.768. The molecule has 27 heavy (non-hydrogen) atoms. The van der Waals surface area contributed by atoms with E-state index in [1.165, 1.54) is 21.9 Å². The summed E-state index contributed by atoms with van der Waals surface area (Å²) in [5, 5.41) is 10.3. The number of carbonyl (C=O) groups is 2. The molecule has 0 radical (unpaired) electrons. The van der Waals surface area contributed by atoms with Crippen LogP contribution in [0, 0.1) is 5.82 Å². The Kier molecular flexibility index (Phi) is 6.19. The molecule has 0 spiro atoms. The van der Waals surface area contributed by atoms with E-state index in [0.29, 0.717) is 12.0 Å². The number of aliphatic hydroxyl groups is 1. The van der Waals surface area contributed by atoms with Gasteiger partial charge < -0.3 is 14.9 Å². The summed E-state index contributed by atoms with van der Waals surface area (Å²) in [6, 6.07) is 15.7. The highest BCUT2D eigenvalue weighted by atomic mass is 19.1. The van der Waals surface area contributed by atoms with Crippen molar-refractivity contribution in [1.82, 2.24) is 9.80 Å². The lowest BCUT2D eigenvalue weighted by Gasteiger charge is -2.22. The molecule has 2 aromatic carbocycles. The smallest absolute Gasteiger partial charge is 0.242 e. The molecule has 142 valence electrons. The van der Waals surface area contributed by atoms with Crippen molar-refractivity contribution in [2.75, 3.05) is 19.6 Å². The SMILES string of the molecule is O=C(CCc1ccccc1)N1CC(=O)N(Cc2cccc(F)c2)CC(O)C1. The number of carbonyl (C=O) groups excluding carboxylic acids is 2. The number of β-amino-alcohol motifs (C(OH)–C–C–N with tert-alkyl or cyclic N) is 1. The van der Waals surface area contributed by atoms with Crippen LogP contribution >= 0.6 is 0 Å². The largest absolute Gasteiger partial charge is 0.389 e. The second-order valence-corrected chi connectivity index (χ2v) is 6.82. The molecule has 1 fully saturated rings. The predicted molar refractivity (Wildman–Crippen MR) is 99.2 cm³/mol. The number of aryl methyl sites for hydroxylation is 1. The fourth-order valence-electron chi connectivity index (χ4n) is 3.25. The maximum Gasteiger partial charge on any atom is 0.242 e. The summed E-state index contributed by atoms with van der Waals surface area (Å²) in [6.45, 7) is 0.385. The molecule has 1 aliphatic heterocycles. The van der Waals surface area contributed by atoms with Crippen LogP contribution < -0.4 is 0 Å². The Balaban J connectivity index is 1.61. The van der Waals surface area contributed by atoms with Gasteiger partial charge in [0, 0.05) is 26.1 Å². The first-order chi connectivity index (χ1) is 13.0. The van der Waals surface area contributed by atoms with Crippen LogP contribution in [0.25, 0.3) is 0 Å². The van der Waals surface area contributed by atoms with E-state index in [9.17, 15) is 19.1 Å². The first-order valence-electron chi connectivity index (χ1n) is 9.03. The number of rotatable bonds is 5. The summed E-state index contributed by atoms with van der Waals surface area (Å²) in [4.78, 5) is 28.0. The van der Waals surface area contributed by atoms with E-state index >= 15 is 0 Å². The Morgan fingerprint density at radius 1 is 1.07 bits per heavy atom. The fourth-order valence-corrected chi connectivity index (χ4v) is 3.25. The van der Waals surface area contributed by atoms with Gasteiger partial charge in [-0.25, -0.2) is 4.39 Å². The van der Waals surface area contributed by atoms with Crippen LogP contribution in [-0.4, -0.2) is 52.5 Å². The lowest BCUT2D eigenvalue weighted by atomic mass is 10.1. The molecule has 1 heterocycles. The van der Waals surface area contributed by atoms with Crippen molar-refractivity contribution < 1.29 is 19.1 Å². The highest BCUT2D eigenvalue weighted by Gasteiger charge is 2.29. The molecule has 5 nitrogen and oxygen atoms in total. The monoisotopic (exact) mass is 370 g/mol. The van der Waals surface area contributed by atoms with Gasteiger partial charge in [0.15, 0.2) is 0 Å². The molecule has 0 aromatic heterocycles. The topological polar surface area (TPSA) is 60.9 Å². The molecular formula is C21H23FN2O3. The van der Waals surface area contributed by atoms with Crippen LogP contribution in [0.1, 0.15) is 17.5 Å². The fraction of sp³-hybridized carbons (Fsp3) is 0.333.